The van der Waals surface area contributed by atoms with Crippen LogP contribution in [0.1, 0.15) is 34.7 Å². The van der Waals surface area contributed by atoms with Gasteiger partial charge in [0.25, 0.3) is 11.2 Å². The second-order valence-electron chi connectivity index (χ2n) is 6.68. The highest BCUT2D eigenvalue weighted by molar-refractivity contribution is 5.93. The fraction of sp³-hybridized carbons (Fsp3) is 0.250. The number of nitrogens with zero attached hydrogens (tertiary/aromatic N) is 3. The number of non-ortho nitro benzene ring substituents is 1. The van der Waals surface area contributed by atoms with E-state index in [1.54, 1.807) is 6.07 Å². The van der Waals surface area contributed by atoms with Crippen molar-refractivity contribution < 1.29 is 14.5 Å². The molecule has 1 atom stereocenters. The molecule has 1 heterocycles. The lowest BCUT2D eigenvalue weighted by molar-refractivity contribution is -0.384. The summed E-state index contributed by atoms with van der Waals surface area (Å²) in [5.74, 6) is -0.0868. The van der Waals surface area contributed by atoms with Crippen molar-refractivity contribution in [1.29, 1.82) is 0 Å². The highest BCUT2D eigenvalue weighted by atomic mass is 16.6. The van der Waals surface area contributed by atoms with Crippen molar-refractivity contribution in [3.8, 4) is 0 Å². The number of carbonyl (C=O) groups is 1. The zero-order valence-electron chi connectivity index (χ0n) is 16.2. The van der Waals surface area contributed by atoms with Crippen LogP contribution >= 0.6 is 0 Å². The van der Waals surface area contributed by atoms with Crippen molar-refractivity contribution in [3.05, 3.63) is 79.9 Å². The molecular weight excluding hydrogens is 376 g/mol. The van der Waals surface area contributed by atoms with Gasteiger partial charge in [0.05, 0.1) is 35.0 Å². The fourth-order valence-corrected chi connectivity index (χ4v) is 3.03. The van der Waals surface area contributed by atoms with E-state index in [4.69, 9.17) is 4.74 Å². The molecule has 9 nitrogen and oxygen atoms in total. The first-order valence-corrected chi connectivity index (χ1v) is 8.86. The molecule has 0 saturated carbocycles. The molecule has 0 aliphatic rings. The normalized spacial score (nSPS) is 12.1. The molecule has 1 N–H and O–H groups in total. The highest BCUT2D eigenvalue weighted by Gasteiger charge is 2.17. The summed E-state index contributed by atoms with van der Waals surface area (Å²) < 4.78 is 4.71. The number of esters is 1. The zero-order valence-corrected chi connectivity index (χ0v) is 16.2. The van der Waals surface area contributed by atoms with Gasteiger partial charge < -0.3 is 9.72 Å². The molecule has 9 heteroatoms. The number of nitro groups is 1. The quantitative estimate of drug-likeness (QED) is 0.387. The van der Waals surface area contributed by atoms with Gasteiger partial charge in [-0.1, -0.05) is 12.1 Å². The molecule has 29 heavy (non-hydrogen) atoms. The van der Waals surface area contributed by atoms with Crippen molar-refractivity contribution in [2.24, 2.45) is 0 Å². The predicted octanol–water partition coefficient (Wildman–Crippen LogP) is 2.81. The number of benzene rings is 2. The number of fused-ring (bicyclic) bond motifs is 1. The van der Waals surface area contributed by atoms with E-state index in [0.717, 1.165) is 5.56 Å². The molecule has 0 saturated heterocycles. The summed E-state index contributed by atoms with van der Waals surface area (Å²) in [5, 5.41) is 11.4. The number of aromatic amines is 1. The first-order chi connectivity index (χ1) is 13.8. The molecule has 0 spiro atoms. The van der Waals surface area contributed by atoms with Crippen LogP contribution in [0.15, 0.2) is 47.3 Å². The molecule has 0 unspecified atom stereocenters. The van der Waals surface area contributed by atoms with Crippen LogP contribution in [-0.2, 0) is 11.3 Å². The zero-order chi connectivity index (χ0) is 21.1. The third-order valence-electron chi connectivity index (χ3n) is 4.80. The van der Waals surface area contributed by atoms with E-state index < -0.39 is 10.9 Å². The lowest BCUT2D eigenvalue weighted by atomic mass is 10.1. The third kappa shape index (κ3) is 4.30. The van der Waals surface area contributed by atoms with E-state index in [1.807, 2.05) is 24.9 Å². The maximum absolute atomic E-state index is 12.4. The Kier molecular flexibility index (Phi) is 5.69. The van der Waals surface area contributed by atoms with Crippen LogP contribution in [0.2, 0.25) is 0 Å². The molecule has 0 bridgehead atoms. The minimum atomic E-state index is -0.507. The summed E-state index contributed by atoms with van der Waals surface area (Å²) in [6, 6.07) is 10.8. The average Bonchev–Trinajstić information content (AvgIpc) is 2.72. The number of H-pyrrole nitrogens is 1. The van der Waals surface area contributed by atoms with E-state index in [0.29, 0.717) is 28.8 Å². The van der Waals surface area contributed by atoms with Gasteiger partial charge in [-0.2, -0.15) is 0 Å². The summed E-state index contributed by atoms with van der Waals surface area (Å²) in [5.41, 5.74) is 1.19. The number of carbonyl (C=O) groups excluding carboxylic acids is 1. The van der Waals surface area contributed by atoms with Gasteiger partial charge in [0.1, 0.15) is 5.82 Å². The van der Waals surface area contributed by atoms with Crippen LogP contribution in [0.25, 0.3) is 10.9 Å². The Hall–Kier alpha value is -3.59. The van der Waals surface area contributed by atoms with Gasteiger partial charge >= 0.3 is 5.97 Å². The lowest BCUT2D eigenvalue weighted by Crippen LogP contribution is -2.25. The van der Waals surface area contributed by atoms with Crippen LogP contribution < -0.4 is 5.56 Å². The maximum atomic E-state index is 12.4. The second kappa shape index (κ2) is 8.19. The smallest absolute Gasteiger partial charge is 0.337 e. The highest BCUT2D eigenvalue weighted by Crippen LogP contribution is 2.24. The van der Waals surface area contributed by atoms with Crippen molar-refractivity contribution in [3.63, 3.8) is 0 Å². The van der Waals surface area contributed by atoms with Crippen molar-refractivity contribution in [2.45, 2.75) is 19.5 Å². The molecule has 3 rings (SSSR count). The van der Waals surface area contributed by atoms with Crippen LogP contribution in [0.3, 0.4) is 0 Å². The maximum Gasteiger partial charge on any atom is 0.337 e. The number of hydrogen-bond acceptors (Lipinski definition) is 7. The van der Waals surface area contributed by atoms with Gasteiger partial charge in [-0.3, -0.25) is 19.8 Å². The Morgan fingerprint density at radius 2 is 2.07 bits per heavy atom. The summed E-state index contributed by atoms with van der Waals surface area (Å²) in [4.78, 5) is 43.8. The Balaban J connectivity index is 1.88. The van der Waals surface area contributed by atoms with E-state index >= 15 is 0 Å². The average molecular weight is 396 g/mol. The van der Waals surface area contributed by atoms with Gasteiger partial charge in [-0.15, -0.1) is 0 Å². The number of ether oxygens (including phenoxy) is 1. The molecule has 0 aliphatic heterocycles. The van der Waals surface area contributed by atoms with E-state index in [-0.39, 0.29) is 17.3 Å². The number of hydrogen-bond donors (Lipinski definition) is 1. The predicted molar refractivity (Wildman–Crippen MR) is 107 cm³/mol. The lowest BCUT2D eigenvalue weighted by Gasteiger charge is -2.24. The minimum absolute atomic E-state index is 0.0235. The molecule has 0 radical (unpaired) electrons. The van der Waals surface area contributed by atoms with Crippen molar-refractivity contribution in [1.82, 2.24) is 14.9 Å². The first-order valence-electron chi connectivity index (χ1n) is 8.86. The fourth-order valence-electron chi connectivity index (χ4n) is 3.03. The van der Waals surface area contributed by atoms with Gasteiger partial charge in [-0.25, -0.2) is 9.78 Å². The van der Waals surface area contributed by atoms with Crippen LogP contribution in [-0.4, -0.2) is 39.9 Å². The van der Waals surface area contributed by atoms with Crippen molar-refractivity contribution in [2.75, 3.05) is 14.2 Å². The summed E-state index contributed by atoms with van der Waals surface area (Å²) >= 11 is 0. The number of methoxy groups -OCH3 is 1. The van der Waals surface area contributed by atoms with Crippen molar-refractivity contribution >= 4 is 22.6 Å². The van der Waals surface area contributed by atoms with Gasteiger partial charge in [0, 0.05) is 18.2 Å². The molecule has 0 fully saturated rings. The van der Waals surface area contributed by atoms with E-state index in [1.165, 1.54) is 37.4 Å². The molecule has 150 valence electrons. The second-order valence-corrected chi connectivity index (χ2v) is 6.68. The van der Waals surface area contributed by atoms with Gasteiger partial charge in [0.2, 0.25) is 0 Å². The van der Waals surface area contributed by atoms with Crippen LogP contribution in [0, 0.1) is 10.1 Å². The molecule has 2 aromatic carbocycles. The SMILES string of the molecule is COC(=O)c1ccc2c(=O)[nH]c(CN(C)[C@@H](C)c3cccc([N+](=O)[O-])c3)nc2c1. The molecule has 3 aromatic rings. The molecular formula is C20H20N4O5. The third-order valence-corrected chi connectivity index (χ3v) is 4.80. The van der Waals surface area contributed by atoms with E-state index in [9.17, 15) is 19.7 Å². The topological polar surface area (TPSA) is 118 Å². The van der Waals surface area contributed by atoms with Gasteiger partial charge in [0.15, 0.2) is 0 Å². The largest absolute Gasteiger partial charge is 0.465 e. The molecule has 0 aliphatic carbocycles. The van der Waals surface area contributed by atoms with Crippen LogP contribution in [0.5, 0.6) is 0 Å². The minimum Gasteiger partial charge on any atom is -0.465 e. The first kappa shape index (κ1) is 20.2. The Morgan fingerprint density at radius 1 is 1.31 bits per heavy atom. The van der Waals surface area contributed by atoms with E-state index in [2.05, 4.69) is 9.97 Å². The summed E-state index contributed by atoms with van der Waals surface area (Å²) in [6.07, 6.45) is 0. The molecule has 0 amide bonds. The summed E-state index contributed by atoms with van der Waals surface area (Å²) in [6.45, 7) is 2.21. The Morgan fingerprint density at radius 3 is 2.76 bits per heavy atom. The Bertz CT molecular complexity index is 1140. The monoisotopic (exact) mass is 396 g/mol. The standard InChI is InChI=1S/C20H20N4O5/c1-12(13-5-4-6-15(9-13)24(27)28)23(2)11-18-21-17-10-14(20(26)29-3)7-8-16(17)19(25)22-18/h4-10,12H,11H2,1-3H3,(H,21,22,25)/t12-/m0/s1. The number of nitro benzene ring substituents is 1. The Labute approximate surface area is 166 Å². The molecule has 1 aromatic heterocycles. The van der Waals surface area contributed by atoms with Crippen LogP contribution in [0.4, 0.5) is 5.69 Å². The summed E-state index contributed by atoms with van der Waals surface area (Å²) in [7, 11) is 3.12. The number of nitrogens with one attached hydrogen (secondary N) is 1. The van der Waals surface area contributed by atoms with Gasteiger partial charge in [-0.05, 0) is 37.7 Å². The number of rotatable bonds is 6. The number of aromatic nitrogens is 2.